The zero-order valence-corrected chi connectivity index (χ0v) is 12.0. The Morgan fingerprint density at radius 2 is 2.12 bits per heavy atom. The summed E-state index contributed by atoms with van der Waals surface area (Å²) in [5.74, 6) is 2.71. The molecule has 1 nitrogen and oxygen atoms in total. The molecular formula is C13H15BrClN. The standard InChI is InChI=1S/C13H15BrClN/c1-5-13(3,4)16-9(2)11-7-6-10(14)8-12(11)15/h1,6-9,16H,2-4H3. The van der Waals surface area contributed by atoms with E-state index in [1.165, 1.54) is 0 Å². The van der Waals surface area contributed by atoms with Gasteiger partial charge in [0.1, 0.15) is 0 Å². The fourth-order valence-electron chi connectivity index (χ4n) is 1.51. The van der Waals surface area contributed by atoms with Crippen molar-refractivity contribution in [3.63, 3.8) is 0 Å². The quantitative estimate of drug-likeness (QED) is 0.826. The molecule has 16 heavy (non-hydrogen) atoms. The lowest BCUT2D eigenvalue weighted by molar-refractivity contribution is 0.431. The SMILES string of the molecule is C#CC(C)(C)NC(C)c1ccc(Br)cc1Cl. The van der Waals surface area contributed by atoms with Gasteiger partial charge in [-0.1, -0.05) is 39.5 Å². The number of terminal acetylenes is 1. The number of rotatable bonds is 3. The second-order valence-corrected chi connectivity index (χ2v) is 5.62. The molecule has 0 bridgehead atoms. The van der Waals surface area contributed by atoms with Crippen molar-refractivity contribution >= 4 is 27.5 Å². The van der Waals surface area contributed by atoms with Crippen LogP contribution in [-0.4, -0.2) is 5.54 Å². The Bertz CT molecular complexity index is 420. The molecule has 0 spiro atoms. The van der Waals surface area contributed by atoms with Crippen molar-refractivity contribution in [2.24, 2.45) is 0 Å². The Kier molecular flexibility index (Phi) is 4.43. The average Bonchev–Trinajstić information content (AvgIpc) is 2.16. The third-order valence-electron chi connectivity index (χ3n) is 2.37. The number of benzene rings is 1. The Labute approximate surface area is 111 Å². The van der Waals surface area contributed by atoms with Gasteiger partial charge in [-0.05, 0) is 38.5 Å². The minimum Gasteiger partial charge on any atom is -0.295 e. The molecule has 0 amide bonds. The Hall–Kier alpha value is -0.490. The maximum atomic E-state index is 6.17. The van der Waals surface area contributed by atoms with Crippen molar-refractivity contribution in [3.8, 4) is 12.3 Å². The summed E-state index contributed by atoms with van der Waals surface area (Å²) in [5, 5.41) is 4.08. The topological polar surface area (TPSA) is 12.0 Å². The van der Waals surface area contributed by atoms with Gasteiger partial charge in [0.15, 0.2) is 0 Å². The highest BCUT2D eigenvalue weighted by Crippen LogP contribution is 2.27. The lowest BCUT2D eigenvalue weighted by atomic mass is 10.0. The zero-order valence-electron chi connectivity index (χ0n) is 9.64. The minimum atomic E-state index is -0.337. The second-order valence-electron chi connectivity index (χ2n) is 4.30. The first-order valence-corrected chi connectivity index (χ1v) is 6.23. The van der Waals surface area contributed by atoms with Crippen LogP contribution in [0.5, 0.6) is 0 Å². The summed E-state index contributed by atoms with van der Waals surface area (Å²) in [6.45, 7) is 5.99. The van der Waals surface area contributed by atoms with E-state index in [0.29, 0.717) is 0 Å². The van der Waals surface area contributed by atoms with Crippen LogP contribution in [-0.2, 0) is 0 Å². The highest BCUT2D eigenvalue weighted by Gasteiger charge is 2.19. The van der Waals surface area contributed by atoms with Gasteiger partial charge in [0.2, 0.25) is 0 Å². The van der Waals surface area contributed by atoms with Gasteiger partial charge in [-0.25, -0.2) is 0 Å². The first-order chi connectivity index (χ1) is 7.35. The molecule has 1 unspecified atom stereocenters. The highest BCUT2D eigenvalue weighted by atomic mass is 79.9. The van der Waals surface area contributed by atoms with E-state index >= 15 is 0 Å². The predicted molar refractivity (Wildman–Crippen MR) is 73.6 cm³/mol. The van der Waals surface area contributed by atoms with Crippen molar-refractivity contribution in [1.29, 1.82) is 0 Å². The summed E-state index contributed by atoms with van der Waals surface area (Å²) in [4.78, 5) is 0. The molecule has 0 radical (unpaired) electrons. The summed E-state index contributed by atoms with van der Waals surface area (Å²) >= 11 is 9.56. The molecule has 86 valence electrons. The van der Waals surface area contributed by atoms with Crippen LogP contribution in [0.1, 0.15) is 32.4 Å². The lowest BCUT2D eigenvalue weighted by Gasteiger charge is -2.26. The monoisotopic (exact) mass is 299 g/mol. The van der Waals surface area contributed by atoms with Crippen molar-refractivity contribution in [3.05, 3.63) is 33.3 Å². The maximum absolute atomic E-state index is 6.17. The van der Waals surface area contributed by atoms with E-state index in [-0.39, 0.29) is 11.6 Å². The van der Waals surface area contributed by atoms with Crippen molar-refractivity contribution < 1.29 is 0 Å². The van der Waals surface area contributed by atoms with E-state index in [1.54, 1.807) is 0 Å². The fraction of sp³-hybridized carbons (Fsp3) is 0.385. The van der Waals surface area contributed by atoms with Crippen LogP contribution in [0, 0.1) is 12.3 Å². The Morgan fingerprint density at radius 1 is 1.50 bits per heavy atom. The molecule has 1 aromatic carbocycles. The molecule has 0 saturated heterocycles. The van der Waals surface area contributed by atoms with Gasteiger partial charge >= 0.3 is 0 Å². The fourth-order valence-corrected chi connectivity index (χ4v) is 2.35. The van der Waals surface area contributed by atoms with Crippen LogP contribution in [0.25, 0.3) is 0 Å². The normalized spacial score (nSPS) is 13.2. The first-order valence-electron chi connectivity index (χ1n) is 5.06. The molecule has 1 rings (SSSR count). The van der Waals surface area contributed by atoms with E-state index in [9.17, 15) is 0 Å². The van der Waals surface area contributed by atoms with Gasteiger partial charge in [-0.3, -0.25) is 5.32 Å². The molecule has 0 saturated carbocycles. The third-order valence-corrected chi connectivity index (χ3v) is 3.19. The molecule has 0 aliphatic rings. The molecule has 0 aromatic heterocycles. The van der Waals surface area contributed by atoms with E-state index in [2.05, 4.69) is 27.2 Å². The highest BCUT2D eigenvalue weighted by molar-refractivity contribution is 9.10. The van der Waals surface area contributed by atoms with E-state index < -0.39 is 0 Å². The van der Waals surface area contributed by atoms with Crippen molar-refractivity contribution in [2.45, 2.75) is 32.4 Å². The average molecular weight is 301 g/mol. The molecule has 0 heterocycles. The summed E-state index contributed by atoms with van der Waals surface area (Å²) < 4.78 is 0.977. The zero-order chi connectivity index (χ0) is 12.3. The van der Waals surface area contributed by atoms with Crippen LogP contribution in [0.3, 0.4) is 0 Å². The minimum absolute atomic E-state index is 0.117. The van der Waals surface area contributed by atoms with Gasteiger partial charge in [0.25, 0.3) is 0 Å². The van der Waals surface area contributed by atoms with Gasteiger partial charge in [0.05, 0.1) is 5.54 Å². The van der Waals surface area contributed by atoms with Crippen LogP contribution in [0.2, 0.25) is 5.02 Å². The number of hydrogen-bond donors (Lipinski definition) is 1. The van der Waals surface area contributed by atoms with Gasteiger partial charge < -0.3 is 0 Å². The second kappa shape index (κ2) is 5.23. The summed E-state index contributed by atoms with van der Waals surface area (Å²) in [6, 6.07) is 5.98. The van der Waals surface area contributed by atoms with E-state index in [1.807, 2.05) is 39.0 Å². The smallest absolute Gasteiger partial charge is 0.0745 e. The molecule has 0 fully saturated rings. The molecule has 0 aliphatic heterocycles. The third kappa shape index (κ3) is 3.52. The Balaban J connectivity index is 2.90. The molecular weight excluding hydrogens is 286 g/mol. The van der Waals surface area contributed by atoms with E-state index in [4.69, 9.17) is 18.0 Å². The Morgan fingerprint density at radius 3 is 2.62 bits per heavy atom. The number of halogens is 2. The maximum Gasteiger partial charge on any atom is 0.0745 e. The summed E-state index contributed by atoms with van der Waals surface area (Å²) in [5.41, 5.74) is 0.712. The number of hydrogen-bond acceptors (Lipinski definition) is 1. The largest absolute Gasteiger partial charge is 0.295 e. The summed E-state index contributed by atoms with van der Waals surface area (Å²) in [7, 11) is 0. The van der Waals surface area contributed by atoms with Gasteiger partial charge in [-0.15, -0.1) is 6.42 Å². The van der Waals surface area contributed by atoms with Gasteiger partial charge in [0, 0.05) is 15.5 Å². The van der Waals surface area contributed by atoms with Crippen LogP contribution in [0.15, 0.2) is 22.7 Å². The lowest BCUT2D eigenvalue weighted by Crippen LogP contribution is -2.39. The predicted octanol–water partition coefficient (Wildman–Crippen LogP) is 4.16. The van der Waals surface area contributed by atoms with Gasteiger partial charge in [-0.2, -0.15) is 0 Å². The van der Waals surface area contributed by atoms with E-state index in [0.717, 1.165) is 15.1 Å². The molecule has 1 atom stereocenters. The van der Waals surface area contributed by atoms with Crippen molar-refractivity contribution in [1.82, 2.24) is 5.32 Å². The molecule has 1 N–H and O–H groups in total. The molecule has 3 heteroatoms. The molecule has 1 aromatic rings. The first kappa shape index (κ1) is 13.6. The molecule has 0 aliphatic carbocycles. The summed E-state index contributed by atoms with van der Waals surface area (Å²) in [6.07, 6.45) is 5.44. The van der Waals surface area contributed by atoms with Crippen LogP contribution in [0.4, 0.5) is 0 Å². The number of nitrogens with one attached hydrogen (secondary N) is 1. The van der Waals surface area contributed by atoms with Crippen LogP contribution < -0.4 is 5.32 Å². The van der Waals surface area contributed by atoms with Crippen LogP contribution >= 0.6 is 27.5 Å². The van der Waals surface area contributed by atoms with Crippen molar-refractivity contribution in [2.75, 3.05) is 0 Å².